The Morgan fingerprint density at radius 3 is 2.55 bits per heavy atom. The topological polar surface area (TPSA) is 84.3 Å². The van der Waals surface area contributed by atoms with E-state index >= 15 is 0 Å². The summed E-state index contributed by atoms with van der Waals surface area (Å²) in [7, 11) is 0. The Morgan fingerprint density at radius 2 is 1.81 bits per heavy atom. The summed E-state index contributed by atoms with van der Waals surface area (Å²) in [6.07, 6.45) is 1.68. The van der Waals surface area contributed by atoms with E-state index in [-0.39, 0.29) is 0 Å². The van der Waals surface area contributed by atoms with Crippen molar-refractivity contribution in [3.8, 4) is 22.7 Å². The van der Waals surface area contributed by atoms with E-state index in [2.05, 4.69) is 30.1 Å². The van der Waals surface area contributed by atoms with E-state index in [4.69, 9.17) is 20.5 Å². The summed E-state index contributed by atoms with van der Waals surface area (Å²) < 4.78 is 11.4. The zero-order valence-electron chi connectivity index (χ0n) is 17.0. The molecule has 8 nitrogen and oxygen atoms in total. The zero-order chi connectivity index (χ0) is 21.2. The Morgan fingerprint density at radius 1 is 1.00 bits per heavy atom. The molecule has 0 saturated carbocycles. The van der Waals surface area contributed by atoms with E-state index in [1.54, 1.807) is 6.20 Å². The second-order valence-electron chi connectivity index (χ2n) is 7.43. The Bertz CT molecular complexity index is 1150. The SMILES string of the molecule is Cc1onc(-c2ccccc2)c1-c1nnc(CN2CCN(c3ccc(Cl)cn3)CC2)o1. The van der Waals surface area contributed by atoms with Crippen LogP contribution in [0.15, 0.2) is 57.6 Å². The minimum atomic E-state index is 0.427. The maximum atomic E-state index is 5.99. The van der Waals surface area contributed by atoms with Crippen LogP contribution in [0.3, 0.4) is 0 Å². The molecule has 0 aliphatic carbocycles. The molecular weight excluding hydrogens is 416 g/mol. The van der Waals surface area contributed by atoms with Gasteiger partial charge >= 0.3 is 0 Å². The molecule has 0 bridgehead atoms. The van der Waals surface area contributed by atoms with Crippen LogP contribution in [-0.4, -0.2) is 51.4 Å². The van der Waals surface area contributed by atoms with E-state index in [1.807, 2.05) is 49.4 Å². The third-order valence-electron chi connectivity index (χ3n) is 5.36. The van der Waals surface area contributed by atoms with Crippen LogP contribution in [0.1, 0.15) is 11.7 Å². The van der Waals surface area contributed by atoms with Gasteiger partial charge in [0.2, 0.25) is 5.89 Å². The van der Waals surface area contributed by atoms with Crippen molar-refractivity contribution in [3.63, 3.8) is 0 Å². The van der Waals surface area contributed by atoms with E-state index in [1.165, 1.54) is 0 Å². The highest BCUT2D eigenvalue weighted by Gasteiger charge is 2.24. The number of pyridine rings is 1. The monoisotopic (exact) mass is 436 g/mol. The van der Waals surface area contributed by atoms with E-state index in [0.29, 0.717) is 34.8 Å². The van der Waals surface area contributed by atoms with Crippen LogP contribution >= 0.6 is 11.6 Å². The van der Waals surface area contributed by atoms with Crippen LogP contribution in [0, 0.1) is 6.92 Å². The first-order valence-electron chi connectivity index (χ1n) is 10.1. The predicted octanol–water partition coefficient (Wildman–Crippen LogP) is 4.07. The van der Waals surface area contributed by atoms with Crippen LogP contribution in [-0.2, 0) is 6.54 Å². The van der Waals surface area contributed by atoms with Crippen LogP contribution in [0.2, 0.25) is 5.02 Å². The molecule has 31 heavy (non-hydrogen) atoms. The van der Waals surface area contributed by atoms with Crippen molar-refractivity contribution in [2.24, 2.45) is 0 Å². The van der Waals surface area contributed by atoms with E-state index < -0.39 is 0 Å². The number of anilines is 1. The molecule has 0 atom stereocenters. The summed E-state index contributed by atoms with van der Waals surface area (Å²) in [5, 5.41) is 13.4. The van der Waals surface area contributed by atoms with Crippen molar-refractivity contribution < 1.29 is 8.94 Å². The Balaban J connectivity index is 1.26. The summed E-state index contributed by atoms with van der Waals surface area (Å²) >= 11 is 5.93. The number of piperazine rings is 1. The lowest BCUT2D eigenvalue weighted by Gasteiger charge is -2.34. The molecule has 1 aromatic carbocycles. The van der Waals surface area contributed by atoms with E-state index in [9.17, 15) is 0 Å². The maximum absolute atomic E-state index is 5.99. The minimum absolute atomic E-state index is 0.427. The quantitative estimate of drug-likeness (QED) is 0.463. The van der Waals surface area contributed by atoms with Crippen molar-refractivity contribution in [1.29, 1.82) is 0 Å². The fourth-order valence-corrected chi connectivity index (χ4v) is 3.83. The first-order chi connectivity index (χ1) is 15.2. The van der Waals surface area contributed by atoms with Crippen molar-refractivity contribution in [1.82, 2.24) is 25.2 Å². The molecule has 0 radical (unpaired) electrons. The average molecular weight is 437 g/mol. The number of aryl methyl sites for hydroxylation is 1. The van der Waals surface area contributed by atoms with Gasteiger partial charge in [0, 0.05) is 37.9 Å². The van der Waals surface area contributed by atoms with Gasteiger partial charge in [-0.3, -0.25) is 4.90 Å². The second kappa shape index (κ2) is 8.49. The fraction of sp³-hybridized carbons (Fsp3) is 0.273. The average Bonchev–Trinajstić information content (AvgIpc) is 3.41. The summed E-state index contributed by atoms with van der Waals surface area (Å²) in [5.41, 5.74) is 2.39. The second-order valence-corrected chi connectivity index (χ2v) is 7.86. The Kier molecular flexibility index (Phi) is 5.40. The van der Waals surface area contributed by atoms with Crippen LogP contribution in [0.25, 0.3) is 22.7 Å². The summed E-state index contributed by atoms with van der Waals surface area (Å²) in [5.74, 6) is 2.60. The van der Waals surface area contributed by atoms with Gasteiger partial charge in [-0.05, 0) is 19.1 Å². The first-order valence-corrected chi connectivity index (χ1v) is 10.5. The minimum Gasteiger partial charge on any atom is -0.419 e. The van der Waals surface area contributed by atoms with Gasteiger partial charge in [0.25, 0.3) is 5.89 Å². The largest absolute Gasteiger partial charge is 0.419 e. The molecule has 4 aromatic rings. The van der Waals surface area contributed by atoms with Gasteiger partial charge in [-0.15, -0.1) is 10.2 Å². The first kappa shape index (κ1) is 19.7. The molecule has 4 heterocycles. The van der Waals surface area contributed by atoms with Crippen LogP contribution in [0.4, 0.5) is 5.82 Å². The lowest BCUT2D eigenvalue weighted by molar-refractivity contribution is 0.226. The molecule has 0 spiro atoms. The highest BCUT2D eigenvalue weighted by atomic mass is 35.5. The lowest BCUT2D eigenvalue weighted by Crippen LogP contribution is -2.46. The van der Waals surface area contributed by atoms with Gasteiger partial charge in [0.15, 0.2) is 0 Å². The molecule has 5 rings (SSSR count). The maximum Gasteiger partial charge on any atom is 0.253 e. The Hall–Kier alpha value is -3.23. The number of hydrogen-bond acceptors (Lipinski definition) is 8. The highest BCUT2D eigenvalue weighted by molar-refractivity contribution is 6.30. The Labute approximate surface area is 184 Å². The van der Waals surface area contributed by atoms with Gasteiger partial charge in [-0.2, -0.15) is 0 Å². The fourth-order valence-electron chi connectivity index (χ4n) is 3.72. The van der Waals surface area contributed by atoms with Crippen LogP contribution < -0.4 is 4.90 Å². The zero-order valence-corrected chi connectivity index (χ0v) is 17.8. The van der Waals surface area contributed by atoms with Gasteiger partial charge in [0.05, 0.1) is 11.6 Å². The molecule has 1 saturated heterocycles. The van der Waals surface area contributed by atoms with Crippen LogP contribution in [0.5, 0.6) is 0 Å². The number of nitrogens with zero attached hydrogens (tertiary/aromatic N) is 6. The standard InChI is InChI=1S/C22H21ClN6O2/c1-15-20(21(27-31-15)16-5-3-2-4-6-16)22-26-25-19(30-22)14-28-9-11-29(12-10-28)18-8-7-17(23)13-24-18/h2-8,13H,9-12,14H2,1H3. The number of halogens is 1. The van der Waals surface area contributed by atoms with E-state index in [0.717, 1.165) is 43.1 Å². The molecule has 0 unspecified atom stereocenters. The number of aromatic nitrogens is 4. The molecule has 1 aliphatic rings. The van der Waals surface area contributed by atoms with Crippen molar-refractivity contribution in [2.45, 2.75) is 13.5 Å². The predicted molar refractivity (Wildman–Crippen MR) is 117 cm³/mol. The van der Waals surface area contributed by atoms with Gasteiger partial charge in [-0.25, -0.2) is 4.98 Å². The third kappa shape index (κ3) is 4.17. The molecule has 1 fully saturated rings. The van der Waals surface area contributed by atoms with Gasteiger partial charge < -0.3 is 13.8 Å². The number of benzene rings is 1. The lowest BCUT2D eigenvalue weighted by atomic mass is 10.1. The molecule has 9 heteroatoms. The number of rotatable bonds is 5. The summed E-state index contributed by atoms with van der Waals surface area (Å²) in [6, 6.07) is 13.7. The highest BCUT2D eigenvalue weighted by Crippen LogP contribution is 2.33. The molecule has 0 N–H and O–H groups in total. The smallest absolute Gasteiger partial charge is 0.253 e. The molecular formula is C22H21ClN6O2. The summed E-state index contributed by atoms with van der Waals surface area (Å²) in [6.45, 7) is 5.95. The van der Waals surface area contributed by atoms with Gasteiger partial charge in [-0.1, -0.05) is 47.1 Å². The molecule has 3 aromatic heterocycles. The summed E-state index contributed by atoms with van der Waals surface area (Å²) in [4.78, 5) is 8.95. The number of hydrogen-bond donors (Lipinski definition) is 0. The normalized spacial score (nSPS) is 14.8. The third-order valence-corrected chi connectivity index (χ3v) is 5.58. The van der Waals surface area contributed by atoms with Crippen molar-refractivity contribution in [2.75, 3.05) is 31.1 Å². The van der Waals surface area contributed by atoms with Crippen molar-refractivity contribution in [3.05, 3.63) is 65.3 Å². The molecule has 0 amide bonds. The van der Waals surface area contributed by atoms with Gasteiger partial charge in [0.1, 0.15) is 22.8 Å². The van der Waals surface area contributed by atoms with Crippen molar-refractivity contribution >= 4 is 17.4 Å². The molecule has 158 valence electrons. The molecule has 1 aliphatic heterocycles.